The molecule has 1 aromatic heterocycles. The highest BCUT2D eigenvalue weighted by Crippen LogP contribution is 2.37. The number of ether oxygens (including phenoxy) is 1. The van der Waals surface area contributed by atoms with E-state index in [-0.39, 0.29) is 23.5 Å². The minimum Gasteiger partial charge on any atom is -0.497 e. The lowest BCUT2D eigenvalue weighted by atomic mass is 10.1. The van der Waals surface area contributed by atoms with Gasteiger partial charge in [0.15, 0.2) is 9.84 Å². The summed E-state index contributed by atoms with van der Waals surface area (Å²) in [5.41, 5.74) is 0.903. The zero-order chi connectivity index (χ0) is 20.6. The molecule has 0 bridgehead atoms. The van der Waals surface area contributed by atoms with Gasteiger partial charge in [-0.15, -0.1) is 11.3 Å². The predicted octanol–water partition coefficient (Wildman–Crippen LogP) is 4.39. The average Bonchev–Trinajstić information content (AvgIpc) is 3.25. The normalized spacial score (nSPS) is 18.1. The minimum atomic E-state index is -3.14. The molecule has 1 aliphatic rings. The van der Waals surface area contributed by atoms with Crippen LogP contribution in [0.1, 0.15) is 21.7 Å². The number of hydrogen-bond donors (Lipinski definition) is 0. The first-order valence-electron chi connectivity index (χ1n) is 9.19. The lowest BCUT2D eigenvalue weighted by Crippen LogP contribution is -2.40. The molecule has 1 atom stereocenters. The predicted molar refractivity (Wildman–Crippen MR) is 117 cm³/mol. The van der Waals surface area contributed by atoms with E-state index >= 15 is 0 Å². The molecule has 0 saturated carbocycles. The Morgan fingerprint density at radius 1 is 1.21 bits per heavy atom. The van der Waals surface area contributed by atoms with Gasteiger partial charge in [-0.1, -0.05) is 41.9 Å². The fourth-order valence-electron chi connectivity index (χ4n) is 3.60. The molecule has 2 heterocycles. The second-order valence-electron chi connectivity index (χ2n) is 7.08. The summed E-state index contributed by atoms with van der Waals surface area (Å²) in [6, 6.07) is 14.7. The van der Waals surface area contributed by atoms with Gasteiger partial charge in [-0.25, -0.2) is 8.42 Å². The third-order valence-corrected chi connectivity index (χ3v) is 8.56. The van der Waals surface area contributed by atoms with Gasteiger partial charge in [0, 0.05) is 22.7 Å². The summed E-state index contributed by atoms with van der Waals surface area (Å²) in [7, 11) is -1.54. The Morgan fingerprint density at radius 2 is 1.93 bits per heavy atom. The fraction of sp³-hybridized carbons (Fsp3) is 0.286. The van der Waals surface area contributed by atoms with E-state index in [9.17, 15) is 13.2 Å². The van der Waals surface area contributed by atoms with Gasteiger partial charge in [0.1, 0.15) is 10.6 Å². The second-order valence-corrected chi connectivity index (χ2v) is 10.7. The van der Waals surface area contributed by atoms with Crippen LogP contribution in [0, 0.1) is 0 Å². The Hall–Kier alpha value is -2.09. The summed E-state index contributed by atoms with van der Waals surface area (Å²) < 4.78 is 30.3. The molecule has 3 aromatic rings. The molecular formula is C21H20ClNO4S2. The molecule has 1 fully saturated rings. The number of thiophene rings is 1. The Labute approximate surface area is 178 Å². The number of carbonyl (C=O) groups excluding carboxylic acids is 1. The maximum absolute atomic E-state index is 13.5. The summed E-state index contributed by atoms with van der Waals surface area (Å²) in [6.45, 7) is 0.313. The lowest BCUT2D eigenvalue weighted by Gasteiger charge is -2.28. The number of methoxy groups -OCH3 is 1. The van der Waals surface area contributed by atoms with Crippen LogP contribution in [0.5, 0.6) is 5.75 Å². The van der Waals surface area contributed by atoms with Crippen molar-refractivity contribution < 1.29 is 17.9 Å². The smallest absolute Gasteiger partial charge is 0.266 e. The van der Waals surface area contributed by atoms with Crippen molar-refractivity contribution in [1.29, 1.82) is 0 Å². The van der Waals surface area contributed by atoms with Crippen LogP contribution in [-0.4, -0.2) is 43.9 Å². The van der Waals surface area contributed by atoms with Gasteiger partial charge >= 0.3 is 0 Å². The van der Waals surface area contributed by atoms with Gasteiger partial charge < -0.3 is 9.64 Å². The van der Waals surface area contributed by atoms with Crippen LogP contribution in [-0.2, 0) is 16.4 Å². The van der Waals surface area contributed by atoms with Gasteiger partial charge in [-0.05, 0) is 30.2 Å². The summed E-state index contributed by atoms with van der Waals surface area (Å²) in [5, 5.41) is 1.27. The number of hydrogen-bond acceptors (Lipinski definition) is 5. The van der Waals surface area contributed by atoms with Crippen LogP contribution in [0.25, 0.3) is 10.1 Å². The van der Waals surface area contributed by atoms with Gasteiger partial charge in [-0.3, -0.25) is 4.79 Å². The van der Waals surface area contributed by atoms with Gasteiger partial charge in [-0.2, -0.15) is 0 Å². The van der Waals surface area contributed by atoms with E-state index < -0.39 is 9.84 Å². The van der Waals surface area contributed by atoms with Crippen LogP contribution in [0.4, 0.5) is 0 Å². The number of sulfone groups is 1. The SMILES string of the molecule is COc1ccc(CN(C(=O)c2sc3ccccc3c2Cl)C2CCS(=O)(=O)C2)cc1. The van der Waals surface area contributed by atoms with Crippen LogP contribution < -0.4 is 4.74 Å². The van der Waals surface area contributed by atoms with Crippen LogP contribution in [0.2, 0.25) is 5.02 Å². The van der Waals surface area contributed by atoms with Crippen molar-refractivity contribution >= 4 is 48.8 Å². The zero-order valence-corrected chi connectivity index (χ0v) is 18.2. The standard InChI is InChI=1S/C21H20ClNO4S2/c1-27-16-8-6-14(7-9-16)12-23(15-10-11-29(25,26)13-15)21(24)20-19(22)17-4-2-3-5-18(17)28-20/h2-9,15H,10-13H2,1H3. The van der Waals surface area contributed by atoms with Crippen LogP contribution in [0.15, 0.2) is 48.5 Å². The van der Waals surface area contributed by atoms with Crippen molar-refractivity contribution in [2.24, 2.45) is 0 Å². The number of nitrogens with zero attached hydrogens (tertiary/aromatic N) is 1. The second kappa shape index (κ2) is 7.97. The highest BCUT2D eigenvalue weighted by atomic mass is 35.5. The van der Waals surface area contributed by atoms with E-state index in [2.05, 4.69) is 0 Å². The number of benzene rings is 2. The fourth-order valence-corrected chi connectivity index (χ4v) is 6.80. The Kier molecular flexibility index (Phi) is 5.55. The Balaban J connectivity index is 1.70. The summed E-state index contributed by atoms with van der Waals surface area (Å²) in [6.07, 6.45) is 0.437. The molecule has 4 rings (SSSR count). The maximum atomic E-state index is 13.5. The molecule has 8 heteroatoms. The maximum Gasteiger partial charge on any atom is 0.266 e. The summed E-state index contributed by atoms with van der Waals surface area (Å²) >= 11 is 7.87. The van der Waals surface area contributed by atoms with Gasteiger partial charge in [0.05, 0.1) is 23.6 Å². The molecule has 5 nitrogen and oxygen atoms in total. The van der Waals surface area contributed by atoms with E-state index in [1.807, 2.05) is 48.5 Å². The first-order chi connectivity index (χ1) is 13.9. The highest BCUT2D eigenvalue weighted by Gasteiger charge is 2.36. The molecule has 29 heavy (non-hydrogen) atoms. The molecule has 1 aliphatic heterocycles. The van der Waals surface area contributed by atoms with E-state index in [4.69, 9.17) is 16.3 Å². The molecule has 1 unspecified atom stereocenters. The summed E-state index contributed by atoms with van der Waals surface area (Å²) in [5.74, 6) is 0.582. The topological polar surface area (TPSA) is 63.7 Å². The molecule has 1 amide bonds. The number of halogens is 1. The number of carbonyl (C=O) groups is 1. The number of rotatable bonds is 5. The largest absolute Gasteiger partial charge is 0.497 e. The molecule has 2 aromatic carbocycles. The van der Waals surface area contributed by atoms with Crippen molar-refractivity contribution in [2.45, 2.75) is 19.0 Å². The van der Waals surface area contributed by atoms with Crippen LogP contribution in [0.3, 0.4) is 0 Å². The monoisotopic (exact) mass is 449 g/mol. The van der Waals surface area contributed by atoms with E-state index in [0.717, 1.165) is 21.4 Å². The number of amides is 1. The van der Waals surface area contributed by atoms with Crippen molar-refractivity contribution in [2.75, 3.05) is 18.6 Å². The number of fused-ring (bicyclic) bond motifs is 1. The quantitative estimate of drug-likeness (QED) is 0.579. The van der Waals surface area contributed by atoms with E-state index in [1.54, 1.807) is 12.0 Å². The summed E-state index contributed by atoms with van der Waals surface area (Å²) in [4.78, 5) is 15.6. The molecule has 0 spiro atoms. The van der Waals surface area contributed by atoms with Gasteiger partial charge in [0.25, 0.3) is 5.91 Å². The molecule has 0 aliphatic carbocycles. The average molecular weight is 450 g/mol. The van der Waals surface area contributed by atoms with E-state index in [1.165, 1.54) is 11.3 Å². The molecule has 152 valence electrons. The van der Waals surface area contributed by atoms with Crippen molar-refractivity contribution in [3.8, 4) is 5.75 Å². The third-order valence-electron chi connectivity index (χ3n) is 5.15. The first-order valence-corrected chi connectivity index (χ1v) is 12.2. The van der Waals surface area contributed by atoms with Crippen molar-refractivity contribution in [3.05, 3.63) is 64.0 Å². The lowest BCUT2D eigenvalue weighted by molar-refractivity contribution is 0.0686. The van der Waals surface area contributed by atoms with Crippen LogP contribution >= 0.6 is 22.9 Å². The van der Waals surface area contributed by atoms with E-state index in [0.29, 0.717) is 22.9 Å². The third kappa shape index (κ3) is 4.13. The molecule has 0 N–H and O–H groups in total. The highest BCUT2D eigenvalue weighted by molar-refractivity contribution is 7.91. The van der Waals surface area contributed by atoms with Gasteiger partial charge in [0.2, 0.25) is 0 Å². The Bertz CT molecular complexity index is 1160. The molecule has 0 radical (unpaired) electrons. The van der Waals surface area contributed by atoms with Crippen molar-refractivity contribution in [3.63, 3.8) is 0 Å². The van der Waals surface area contributed by atoms with Crippen molar-refractivity contribution in [1.82, 2.24) is 4.90 Å². The molecular weight excluding hydrogens is 430 g/mol. The minimum absolute atomic E-state index is 0.0165. The molecule has 1 saturated heterocycles. The Morgan fingerprint density at radius 3 is 2.55 bits per heavy atom. The first kappa shape index (κ1) is 20.2. The zero-order valence-electron chi connectivity index (χ0n) is 15.8.